The lowest BCUT2D eigenvalue weighted by atomic mass is 10.2. The minimum Gasteiger partial charge on any atom is -0.376 e. The maximum Gasteiger partial charge on any atom is 0.321 e. The SMILES string of the molecule is CNC(=O)NC(=O)CNc1ccc(F)c(NC(C)=O)c1. The van der Waals surface area contributed by atoms with E-state index >= 15 is 0 Å². The van der Waals surface area contributed by atoms with E-state index in [4.69, 9.17) is 0 Å². The van der Waals surface area contributed by atoms with Crippen LogP contribution in [0.25, 0.3) is 0 Å². The Labute approximate surface area is 114 Å². The van der Waals surface area contributed by atoms with Gasteiger partial charge in [-0.1, -0.05) is 0 Å². The van der Waals surface area contributed by atoms with Gasteiger partial charge in [0.1, 0.15) is 5.82 Å². The molecule has 20 heavy (non-hydrogen) atoms. The molecular weight excluding hydrogens is 267 g/mol. The predicted molar refractivity (Wildman–Crippen MR) is 71.8 cm³/mol. The summed E-state index contributed by atoms with van der Waals surface area (Å²) >= 11 is 0. The van der Waals surface area contributed by atoms with Crippen LogP contribution in [0.3, 0.4) is 0 Å². The first-order chi connectivity index (χ1) is 9.42. The van der Waals surface area contributed by atoms with Gasteiger partial charge < -0.3 is 16.0 Å². The first-order valence-electron chi connectivity index (χ1n) is 5.75. The number of amides is 4. The van der Waals surface area contributed by atoms with E-state index in [0.717, 1.165) is 6.07 Å². The van der Waals surface area contributed by atoms with Gasteiger partial charge in [0.05, 0.1) is 12.2 Å². The number of benzene rings is 1. The van der Waals surface area contributed by atoms with Gasteiger partial charge in [-0.25, -0.2) is 9.18 Å². The third-order valence-electron chi connectivity index (χ3n) is 2.21. The van der Waals surface area contributed by atoms with Crippen molar-refractivity contribution >= 4 is 29.2 Å². The molecule has 108 valence electrons. The van der Waals surface area contributed by atoms with Gasteiger partial charge in [-0.2, -0.15) is 0 Å². The van der Waals surface area contributed by atoms with Gasteiger partial charge >= 0.3 is 6.03 Å². The van der Waals surface area contributed by atoms with Gasteiger partial charge in [0, 0.05) is 19.7 Å². The summed E-state index contributed by atoms with van der Waals surface area (Å²) in [5.74, 6) is -1.53. The molecule has 0 spiro atoms. The summed E-state index contributed by atoms with van der Waals surface area (Å²) in [5.41, 5.74) is 0.441. The van der Waals surface area contributed by atoms with Crippen molar-refractivity contribution in [2.75, 3.05) is 24.2 Å². The smallest absolute Gasteiger partial charge is 0.321 e. The zero-order valence-corrected chi connectivity index (χ0v) is 11.0. The van der Waals surface area contributed by atoms with Crippen molar-refractivity contribution in [1.29, 1.82) is 0 Å². The first kappa shape index (κ1) is 15.4. The molecule has 0 aromatic heterocycles. The number of carbonyl (C=O) groups is 3. The van der Waals surface area contributed by atoms with Crippen molar-refractivity contribution in [2.45, 2.75) is 6.92 Å². The summed E-state index contributed by atoms with van der Waals surface area (Å²) in [6, 6.07) is 3.30. The Morgan fingerprint density at radius 2 is 1.95 bits per heavy atom. The van der Waals surface area contributed by atoms with E-state index in [1.807, 2.05) is 0 Å². The summed E-state index contributed by atoms with van der Waals surface area (Å²) < 4.78 is 13.4. The molecule has 0 radical (unpaired) electrons. The fourth-order valence-corrected chi connectivity index (χ4v) is 1.34. The molecule has 7 nitrogen and oxygen atoms in total. The van der Waals surface area contributed by atoms with E-state index in [1.165, 1.54) is 26.1 Å². The lowest BCUT2D eigenvalue weighted by molar-refractivity contribution is -0.118. The van der Waals surface area contributed by atoms with Crippen molar-refractivity contribution < 1.29 is 18.8 Å². The summed E-state index contributed by atoms with van der Waals surface area (Å²) in [4.78, 5) is 33.1. The standard InChI is InChI=1S/C12H15FN4O3/c1-7(18)16-10-5-8(3-4-9(10)13)15-6-11(19)17-12(20)14-2/h3-5,15H,6H2,1-2H3,(H,16,18)(H2,14,17,19,20). The molecule has 0 saturated heterocycles. The molecule has 4 amide bonds. The normalized spacial score (nSPS) is 9.55. The third-order valence-corrected chi connectivity index (χ3v) is 2.21. The van der Waals surface area contributed by atoms with Crippen molar-refractivity contribution in [3.63, 3.8) is 0 Å². The van der Waals surface area contributed by atoms with Gasteiger partial charge in [-0.3, -0.25) is 14.9 Å². The molecule has 0 heterocycles. The Morgan fingerprint density at radius 1 is 1.25 bits per heavy atom. The molecule has 0 bridgehead atoms. The van der Waals surface area contributed by atoms with E-state index < -0.39 is 23.7 Å². The summed E-state index contributed by atoms with van der Waals surface area (Å²) in [5, 5.41) is 9.33. The van der Waals surface area contributed by atoms with Crippen LogP contribution in [0.5, 0.6) is 0 Å². The number of anilines is 2. The number of halogens is 1. The number of carbonyl (C=O) groups excluding carboxylic acids is 3. The largest absolute Gasteiger partial charge is 0.376 e. The molecule has 8 heteroatoms. The monoisotopic (exact) mass is 282 g/mol. The molecule has 0 fully saturated rings. The highest BCUT2D eigenvalue weighted by Crippen LogP contribution is 2.19. The highest BCUT2D eigenvalue weighted by atomic mass is 19.1. The Hall–Kier alpha value is -2.64. The Morgan fingerprint density at radius 3 is 2.55 bits per heavy atom. The molecule has 0 atom stereocenters. The Balaban J connectivity index is 2.62. The average molecular weight is 282 g/mol. The third kappa shape index (κ3) is 4.92. The number of imide groups is 1. The van der Waals surface area contributed by atoms with Crippen molar-refractivity contribution in [3.05, 3.63) is 24.0 Å². The second kappa shape index (κ2) is 7.07. The van der Waals surface area contributed by atoms with Crippen LogP contribution in [0.4, 0.5) is 20.6 Å². The second-order valence-corrected chi connectivity index (χ2v) is 3.86. The molecule has 4 N–H and O–H groups in total. The van der Waals surface area contributed by atoms with Crippen LogP contribution in [0.15, 0.2) is 18.2 Å². The summed E-state index contributed by atoms with van der Waals surface area (Å²) in [7, 11) is 1.38. The number of rotatable bonds is 4. The molecule has 0 aliphatic rings. The van der Waals surface area contributed by atoms with Crippen LogP contribution in [0.1, 0.15) is 6.92 Å². The molecule has 0 aliphatic heterocycles. The zero-order valence-electron chi connectivity index (χ0n) is 11.0. The van der Waals surface area contributed by atoms with Crippen molar-refractivity contribution in [2.24, 2.45) is 0 Å². The lowest BCUT2D eigenvalue weighted by Gasteiger charge is -2.09. The maximum atomic E-state index is 13.4. The van der Waals surface area contributed by atoms with Crippen LogP contribution < -0.4 is 21.3 Å². The number of hydrogen-bond acceptors (Lipinski definition) is 4. The molecule has 0 aliphatic carbocycles. The first-order valence-corrected chi connectivity index (χ1v) is 5.75. The molecule has 0 unspecified atom stereocenters. The molecule has 1 aromatic rings. The van der Waals surface area contributed by atoms with Crippen molar-refractivity contribution in [3.8, 4) is 0 Å². The van der Waals surface area contributed by atoms with Gasteiger partial charge in [-0.05, 0) is 18.2 Å². The fourth-order valence-electron chi connectivity index (χ4n) is 1.34. The number of urea groups is 1. The Bertz CT molecular complexity index is 533. The summed E-state index contributed by atoms with van der Waals surface area (Å²) in [6.45, 7) is 1.09. The number of nitrogens with one attached hydrogen (secondary N) is 4. The average Bonchev–Trinajstić information content (AvgIpc) is 2.39. The molecule has 1 rings (SSSR count). The minimum absolute atomic E-state index is 0.00853. The van der Waals surface area contributed by atoms with Crippen molar-refractivity contribution in [1.82, 2.24) is 10.6 Å². The highest BCUT2D eigenvalue weighted by molar-refractivity contribution is 5.96. The molecular formula is C12H15FN4O3. The van der Waals surface area contributed by atoms with E-state index in [1.54, 1.807) is 0 Å². The predicted octanol–water partition coefficient (Wildman–Crippen LogP) is 0.652. The van der Waals surface area contributed by atoms with Gasteiger partial charge in [-0.15, -0.1) is 0 Å². The number of hydrogen-bond donors (Lipinski definition) is 4. The van der Waals surface area contributed by atoms with Gasteiger partial charge in [0.15, 0.2) is 0 Å². The highest BCUT2D eigenvalue weighted by Gasteiger charge is 2.08. The van der Waals surface area contributed by atoms with E-state index in [2.05, 4.69) is 21.3 Å². The Kier molecular flexibility index (Phi) is 5.45. The molecule has 1 aromatic carbocycles. The maximum absolute atomic E-state index is 13.4. The van der Waals surface area contributed by atoms with Gasteiger partial charge in [0.25, 0.3) is 0 Å². The quantitative estimate of drug-likeness (QED) is 0.651. The summed E-state index contributed by atoms with van der Waals surface area (Å²) in [6.07, 6.45) is 0. The minimum atomic E-state index is -0.616. The lowest BCUT2D eigenvalue weighted by Crippen LogP contribution is -2.40. The van der Waals surface area contributed by atoms with Crippen LogP contribution >= 0.6 is 0 Å². The zero-order chi connectivity index (χ0) is 15.1. The van der Waals surface area contributed by atoms with Crippen LogP contribution in [0, 0.1) is 5.82 Å². The van der Waals surface area contributed by atoms with Gasteiger partial charge in [0.2, 0.25) is 11.8 Å². The van der Waals surface area contributed by atoms with Crippen LogP contribution in [0.2, 0.25) is 0 Å². The second-order valence-electron chi connectivity index (χ2n) is 3.86. The fraction of sp³-hybridized carbons (Fsp3) is 0.250. The van der Waals surface area contributed by atoms with E-state index in [-0.39, 0.29) is 12.2 Å². The van der Waals surface area contributed by atoms with Crippen LogP contribution in [-0.4, -0.2) is 31.4 Å². The molecule has 0 saturated carbocycles. The van der Waals surface area contributed by atoms with E-state index in [0.29, 0.717) is 5.69 Å². The topological polar surface area (TPSA) is 99.3 Å². The van der Waals surface area contributed by atoms with Crippen LogP contribution in [-0.2, 0) is 9.59 Å². The van der Waals surface area contributed by atoms with E-state index in [9.17, 15) is 18.8 Å².